The number of thiocarbonyl (C=S) groups is 1. The van der Waals surface area contributed by atoms with Crippen LogP contribution in [-0.2, 0) is 11.8 Å². The minimum Gasteiger partial charge on any atom is -0.283 e. The maximum absolute atomic E-state index is 13.8. The Morgan fingerprint density at radius 3 is 2.39 bits per heavy atom. The van der Waals surface area contributed by atoms with Crippen molar-refractivity contribution in [2.45, 2.75) is 16.8 Å². The van der Waals surface area contributed by atoms with E-state index in [9.17, 15) is 14.4 Å². The van der Waals surface area contributed by atoms with Gasteiger partial charge in [-0.3, -0.25) is 28.4 Å². The average molecular weight is 618 g/mol. The van der Waals surface area contributed by atoms with Gasteiger partial charge in [-0.25, -0.2) is 9.67 Å². The molecule has 0 bridgehead atoms. The molecule has 3 aromatic heterocycles. The van der Waals surface area contributed by atoms with Gasteiger partial charge in [-0.1, -0.05) is 71.6 Å². The fourth-order valence-electron chi connectivity index (χ4n) is 4.50. The zero-order chi connectivity index (χ0) is 28.8. The molecule has 0 spiro atoms. The Kier molecular flexibility index (Phi) is 7.20. The fraction of sp³-hybridized carbons (Fsp3) is 0.0690. The quantitative estimate of drug-likeness (QED) is 0.142. The van der Waals surface area contributed by atoms with E-state index in [1.165, 1.54) is 31.8 Å². The van der Waals surface area contributed by atoms with E-state index in [2.05, 4.69) is 0 Å². The molecule has 1 aliphatic rings. The van der Waals surface area contributed by atoms with E-state index >= 15 is 0 Å². The number of halogens is 1. The molecule has 204 valence electrons. The van der Waals surface area contributed by atoms with Crippen molar-refractivity contribution in [1.82, 2.24) is 18.7 Å². The molecule has 0 unspecified atom stereocenters. The molecule has 2 aromatic carbocycles. The molecular formula is C29H20ClN5O3S3. The number of fused-ring (bicyclic) bond motifs is 1. The number of carbonyl (C=O) groups is 1. The van der Waals surface area contributed by atoms with Crippen LogP contribution in [0.5, 0.6) is 0 Å². The molecule has 41 heavy (non-hydrogen) atoms. The number of pyridine rings is 1. The summed E-state index contributed by atoms with van der Waals surface area (Å²) in [6.45, 7) is 1.76. The molecule has 1 saturated heterocycles. The lowest BCUT2D eigenvalue weighted by atomic mass is 10.2. The first-order valence-electron chi connectivity index (χ1n) is 12.3. The van der Waals surface area contributed by atoms with Crippen molar-refractivity contribution in [3.63, 3.8) is 0 Å². The van der Waals surface area contributed by atoms with Crippen LogP contribution in [-0.4, -0.2) is 29.0 Å². The normalized spacial score (nSPS) is 14.5. The molecule has 0 N–H and O–H groups in total. The van der Waals surface area contributed by atoms with Crippen molar-refractivity contribution in [2.24, 2.45) is 7.05 Å². The van der Waals surface area contributed by atoms with E-state index in [0.29, 0.717) is 27.1 Å². The maximum Gasteiger partial charge on any atom is 0.296 e. The Hall–Kier alpha value is -3.90. The highest BCUT2D eigenvalue weighted by Gasteiger charge is 2.38. The molecule has 0 atom stereocenters. The van der Waals surface area contributed by atoms with Crippen LogP contribution in [0.3, 0.4) is 0 Å². The van der Waals surface area contributed by atoms with Gasteiger partial charge in [0.25, 0.3) is 17.0 Å². The van der Waals surface area contributed by atoms with E-state index in [0.717, 1.165) is 16.7 Å². The van der Waals surface area contributed by atoms with Crippen molar-refractivity contribution in [2.75, 3.05) is 4.90 Å². The van der Waals surface area contributed by atoms with Gasteiger partial charge in [0.2, 0.25) is 0 Å². The molecule has 5 aromatic rings. The SMILES string of the molecule is Cc1c(N2C(=O)/C(=C\c3c(Sc4ccc(Cl)cc4)nc4ccccn4c3=O)SC2=S)c(=O)n(-c2ccccc2)n1C. The number of hydrogen-bond acceptors (Lipinski definition) is 7. The predicted octanol–water partition coefficient (Wildman–Crippen LogP) is 5.70. The highest BCUT2D eigenvalue weighted by atomic mass is 35.5. The molecule has 0 radical (unpaired) electrons. The number of amides is 1. The third-order valence-electron chi connectivity index (χ3n) is 6.58. The zero-order valence-corrected chi connectivity index (χ0v) is 24.9. The van der Waals surface area contributed by atoms with Crippen LogP contribution in [0.15, 0.2) is 103 Å². The molecule has 12 heteroatoms. The van der Waals surface area contributed by atoms with Crippen LogP contribution in [0.4, 0.5) is 5.69 Å². The second-order valence-corrected chi connectivity index (χ2v) is 12.2. The summed E-state index contributed by atoms with van der Waals surface area (Å²) < 4.78 is 4.81. The first-order valence-corrected chi connectivity index (χ1v) is 14.7. The smallest absolute Gasteiger partial charge is 0.283 e. The summed E-state index contributed by atoms with van der Waals surface area (Å²) >= 11 is 14.0. The van der Waals surface area contributed by atoms with Gasteiger partial charge >= 0.3 is 0 Å². The first kappa shape index (κ1) is 27.3. The molecule has 1 amide bonds. The van der Waals surface area contributed by atoms with Crippen LogP contribution in [0, 0.1) is 6.92 Å². The Morgan fingerprint density at radius 2 is 1.66 bits per heavy atom. The molecule has 1 fully saturated rings. The number of aromatic nitrogens is 4. The Balaban J connectivity index is 1.46. The van der Waals surface area contributed by atoms with Gasteiger partial charge < -0.3 is 0 Å². The topological polar surface area (TPSA) is 81.6 Å². The van der Waals surface area contributed by atoms with Gasteiger partial charge in [0.1, 0.15) is 16.4 Å². The maximum atomic E-state index is 13.8. The van der Waals surface area contributed by atoms with Crippen LogP contribution < -0.4 is 16.0 Å². The number of hydrogen-bond donors (Lipinski definition) is 0. The minimum atomic E-state index is -0.481. The summed E-state index contributed by atoms with van der Waals surface area (Å²) in [4.78, 5) is 48.1. The number of anilines is 1. The Labute approximate surface area is 252 Å². The summed E-state index contributed by atoms with van der Waals surface area (Å²) in [6.07, 6.45) is 3.14. The Morgan fingerprint density at radius 1 is 0.951 bits per heavy atom. The summed E-state index contributed by atoms with van der Waals surface area (Å²) in [5.74, 6) is -0.481. The second kappa shape index (κ2) is 10.8. The zero-order valence-electron chi connectivity index (χ0n) is 21.6. The largest absolute Gasteiger partial charge is 0.296 e. The lowest BCUT2D eigenvalue weighted by molar-refractivity contribution is -0.113. The predicted molar refractivity (Wildman–Crippen MR) is 168 cm³/mol. The molecule has 6 rings (SSSR count). The third kappa shape index (κ3) is 4.84. The van der Waals surface area contributed by atoms with Crippen molar-refractivity contribution in [3.8, 4) is 5.69 Å². The van der Waals surface area contributed by atoms with E-state index in [1.54, 1.807) is 55.2 Å². The average Bonchev–Trinajstić information content (AvgIpc) is 3.36. The lowest BCUT2D eigenvalue weighted by Crippen LogP contribution is -2.33. The van der Waals surface area contributed by atoms with Crippen LogP contribution >= 0.6 is 47.3 Å². The Bertz CT molecular complexity index is 2010. The summed E-state index contributed by atoms with van der Waals surface area (Å²) in [5.41, 5.74) is 1.41. The number of carbonyl (C=O) groups excluding carboxylic acids is 1. The van der Waals surface area contributed by atoms with Gasteiger partial charge in [-0.2, -0.15) is 0 Å². The number of nitrogens with zero attached hydrogens (tertiary/aromatic N) is 5. The first-order chi connectivity index (χ1) is 19.7. The van der Waals surface area contributed by atoms with E-state index in [-0.39, 0.29) is 31.6 Å². The molecule has 8 nitrogen and oxygen atoms in total. The van der Waals surface area contributed by atoms with E-state index in [1.807, 2.05) is 42.5 Å². The highest BCUT2D eigenvalue weighted by Crippen LogP contribution is 2.38. The van der Waals surface area contributed by atoms with Crippen molar-refractivity contribution in [1.29, 1.82) is 0 Å². The fourth-order valence-corrected chi connectivity index (χ4v) is 6.77. The number of rotatable bonds is 5. The molecule has 4 heterocycles. The summed E-state index contributed by atoms with van der Waals surface area (Å²) in [7, 11) is 1.75. The molecule has 0 aliphatic carbocycles. The van der Waals surface area contributed by atoms with Crippen molar-refractivity contribution in [3.05, 3.63) is 121 Å². The summed E-state index contributed by atoms with van der Waals surface area (Å²) in [5, 5.41) is 1.02. The van der Waals surface area contributed by atoms with Gasteiger partial charge in [0.05, 0.1) is 21.8 Å². The van der Waals surface area contributed by atoms with Gasteiger partial charge in [-0.05, 0) is 61.5 Å². The second-order valence-electron chi connectivity index (χ2n) is 9.05. The lowest BCUT2D eigenvalue weighted by Gasteiger charge is -2.12. The monoisotopic (exact) mass is 617 g/mol. The van der Waals surface area contributed by atoms with Crippen LogP contribution in [0.25, 0.3) is 17.4 Å². The van der Waals surface area contributed by atoms with Gasteiger partial charge in [-0.15, -0.1) is 0 Å². The number of benzene rings is 2. The summed E-state index contributed by atoms with van der Waals surface area (Å²) in [6, 6.07) is 21.6. The van der Waals surface area contributed by atoms with Gasteiger partial charge in [0.15, 0.2) is 4.32 Å². The number of thioether (sulfide) groups is 1. The van der Waals surface area contributed by atoms with Crippen molar-refractivity contribution < 1.29 is 4.79 Å². The molecule has 0 saturated carbocycles. The van der Waals surface area contributed by atoms with Crippen LogP contribution in [0.1, 0.15) is 11.3 Å². The van der Waals surface area contributed by atoms with E-state index < -0.39 is 5.91 Å². The van der Waals surface area contributed by atoms with Gasteiger partial charge in [0, 0.05) is 23.2 Å². The standard InChI is InChI=1S/C29H20ClN5O3S3/c1-17-24(28(38)35(32(17)2)19-8-4-3-5-9-19)34-27(37)22(41-29(34)39)16-21-25(40-20-13-11-18(30)12-14-20)31-23-10-6-7-15-33(23)26(21)36/h3-16H,1-2H3/b22-16+. The van der Waals surface area contributed by atoms with E-state index in [4.69, 9.17) is 28.8 Å². The molecule has 1 aliphatic heterocycles. The highest BCUT2D eigenvalue weighted by molar-refractivity contribution is 8.27. The third-order valence-corrected chi connectivity index (χ3v) is 9.15. The number of para-hydroxylation sites is 1. The van der Waals surface area contributed by atoms with Crippen LogP contribution in [0.2, 0.25) is 5.02 Å². The van der Waals surface area contributed by atoms with Crippen molar-refractivity contribution >= 4 is 75.0 Å². The minimum absolute atomic E-state index is 0.173. The molecular weight excluding hydrogens is 598 g/mol.